The van der Waals surface area contributed by atoms with Crippen LogP contribution in [0.1, 0.15) is 49.2 Å². The Kier molecular flexibility index (Phi) is 8.85. The number of thioether (sulfide) groups is 1. The minimum atomic E-state index is -0.667. The maximum absolute atomic E-state index is 14.3. The number of halogens is 2. The summed E-state index contributed by atoms with van der Waals surface area (Å²) in [5, 5.41) is 2.21. The van der Waals surface area contributed by atoms with E-state index in [-0.39, 0.29) is 11.7 Å². The lowest BCUT2D eigenvalue weighted by atomic mass is 9.96. The van der Waals surface area contributed by atoms with Crippen LogP contribution in [0.2, 0.25) is 10.0 Å². The van der Waals surface area contributed by atoms with Gasteiger partial charge < -0.3 is 9.30 Å². The van der Waals surface area contributed by atoms with E-state index in [1.54, 1.807) is 29.3 Å². The van der Waals surface area contributed by atoms with Crippen molar-refractivity contribution in [3.8, 4) is 0 Å². The first-order chi connectivity index (χ1) is 21.6. The highest BCUT2D eigenvalue weighted by Gasteiger charge is 2.34. The molecule has 3 aromatic carbocycles. The van der Waals surface area contributed by atoms with Crippen LogP contribution in [0, 0.1) is 6.92 Å². The molecule has 3 heterocycles. The molecule has 1 aliphatic heterocycles. The molecule has 0 saturated heterocycles. The Labute approximate surface area is 279 Å². The van der Waals surface area contributed by atoms with Crippen LogP contribution in [0.5, 0.6) is 0 Å². The monoisotopic (exact) mass is 675 g/mol. The Morgan fingerprint density at radius 1 is 1.09 bits per heavy atom. The van der Waals surface area contributed by atoms with E-state index in [0.717, 1.165) is 38.2 Å². The Bertz CT molecular complexity index is 2180. The quantitative estimate of drug-likeness (QED) is 0.132. The third-order valence-corrected chi connectivity index (χ3v) is 10.2. The summed E-state index contributed by atoms with van der Waals surface area (Å²) in [7, 11) is 0. The molecule has 1 aliphatic rings. The molecule has 0 radical (unpaired) electrons. The molecule has 6 rings (SSSR count). The fraction of sp³-hybridized carbons (Fsp3) is 0.229. The summed E-state index contributed by atoms with van der Waals surface area (Å²) >= 11 is 15.7. The SMILES string of the molecule is CSc1ccc([C@H]2C(C(=O)OC(C)C)=C(C)N=c3s/c(=C\c4c(C)n(Cc5ccc(Cl)cc5Cl)c5ccccc45)c(=O)n32)cc1. The second kappa shape index (κ2) is 12.7. The largest absolute Gasteiger partial charge is 0.459 e. The van der Waals surface area contributed by atoms with Gasteiger partial charge in [0.25, 0.3) is 5.56 Å². The Hall–Kier alpha value is -3.56. The number of esters is 1. The number of fused-ring (bicyclic) bond motifs is 2. The van der Waals surface area contributed by atoms with Gasteiger partial charge in [0, 0.05) is 43.6 Å². The number of aromatic nitrogens is 2. The second-order valence-corrected chi connectivity index (χ2v) is 13.9. The number of rotatable bonds is 7. The normalized spacial score (nSPS) is 15.1. The van der Waals surface area contributed by atoms with E-state index < -0.39 is 12.0 Å². The van der Waals surface area contributed by atoms with Gasteiger partial charge in [0.15, 0.2) is 4.80 Å². The number of carbonyl (C=O) groups excluding carboxylic acids is 1. The molecular formula is C35H31Cl2N3O3S2. The highest BCUT2D eigenvalue weighted by molar-refractivity contribution is 7.98. The molecule has 0 fully saturated rings. The summed E-state index contributed by atoms with van der Waals surface area (Å²) in [6, 6.07) is 20.9. The lowest BCUT2D eigenvalue weighted by Gasteiger charge is -2.25. The van der Waals surface area contributed by atoms with Crippen molar-refractivity contribution in [2.75, 3.05) is 6.26 Å². The van der Waals surface area contributed by atoms with Gasteiger partial charge in [0.2, 0.25) is 0 Å². The maximum Gasteiger partial charge on any atom is 0.338 e. The number of ether oxygens (including phenoxy) is 1. The van der Waals surface area contributed by atoms with Gasteiger partial charge in [0.05, 0.1) is 27.9 Å². The summed E-state index contributed by atoms with van der Waals surface area (Å²) in [5.74, 6) is -0.473. The van der Waals surface area contributed by atoms with Crippen molar-refractivity contribution in [3.63, 3.8) is 0 Å². The summed E-state index contributed by atoms with van der Waals surface area (Å²) < 4.78 is 10.0. The summed E-state index contributed by atoms with van der Waals surface area (Å²) in [4.78, 5) is 34.1. The fourth-order valence-electron chi connectivity index (χ4n) is 5.76. The smallest absolute Gasteiger partial charge is 0.338 e. The second-order valence-electron chi connectivity index (χ2n) is 11.1. The van der Waals surface area contributed by atoms with Crippen LogP contribution in [0.4, 0.5) is 0 Å². The van der Waals surface area contributed by atoms with E-state index in [2.05, 4.69) is 16.7 Å². The van der Waals surface area contributed by atoms with Gasteiger partial charge in [-0.15, -0.1) is 11.8 Å². The molecule has 1 atom stereocenters. The molecule has 6 nitrogen and oxygen atoms in total. The van der Waals surface area contributed by atoms with E-state index in [0.29, 0.717) is 37.2 Å². The lowest BCUT2D eigenvalue weighted by molar-refractivity contribution is -0.143. The van der Waals surface area contributed by atoms with Crippen molar-refractivity contribution in [1.29, 1.82) is 0 Å². The first-order valence-electron chi connectivity index (χ1n) is 14.5. The number of hydrogen-bond acceptors (Lipinski definition) is 6. The molecule has 0 N–H and O–H groups in total. The summed E-state index contributed by atoms with van der Waals surface area (Å²) in [5.41, 5.74) is 5.43. The van der Waals surface area contributed by atoms with Gasteiger partial charge in [0.1, 0.15) is 0 Å². The van der Waals surface area contributed by atoms with E-state index >= 15 is 0 Å². The minimum absolute atomic E-state index is 0.211. The van der Waals surface area contributed by atoms with Crippen molar-refractivity contribution in [1.82, 2.24) is 9.13 Å². The zero-order valence-electron chi connectivity index (χ0n) is 25.4. The van der Waals surface area contributed by atoms with E-state index in [9.17, 15) is 9.59 Å². The van der Waals surface area contributed by atoms with Crippen molar-refractivity contribution in [2.24, 2.45) is 4.99 Å². The molecule has 0 unspecified atom stereocenters. The van der Waals surface area contributed by atoms with Gasteiger partial charge in [-0.25, -0.2) is 9.79 Å². The molecular weight excluding hydrogens is 645 g/mol. The van der Waals surface area contributed by atoms with Gasteiger partial charge in [-0.3, -0.25) is 9.36 Å². The van der Waals surface area contributed by atoms with E-state index in [4.69, 9.17) is 32.9 Å². The van der Waals surface area contributed by atoms with Crippen LogP contribution in [-0.2, 0) is 16.1 Å². The fourth-order valence-corrected chi connectivity index (χ4v) is 7.66. The highest BCUT2D eigenvalue weighted by atomic mass is 35.5. The van der Waals surface area contributed by atoms with Crippen LogP contribution in [0.15, 0.2) is 92.7 Å². The number of carbonyl (C=O) groups is 1. The molecule has 0 aliphatic carbocycles. The molecule has 10 heteroatoms. The number of benzene rings is 3. The molecule has 2 aromatic heterocycles. The molecule has 0 bridgehead atoms. The maximum atomic E-state index is 14.3. The third-order valence-electron chi connectivity index (χ3n) is 7.91. The summed E-state index contributed by atoms with van der Waals surface area (Å²) in [6.07, 6.45) is 3.64. The van der Waals surface area contributed by atoms with Crippen molar-refractivity contribution in [3.05, 3.63) is 130 Å². The summed E-state index contributed by atoms with van der Waals surface area (Å²) in [6.45, 7) is 8.02. The van der Waals surface area contributed by atoms with Crippen molar-refractivity contribution in [2.45, 2.75) is 51.3 Å². The first-order valence-corrected chi connectivity index (χ1v) is 17.3. The molecule has 0 saturated carbocycles. The van der Waals surface area contributed by atoms with Gasteiger partial charge in [-0.05, 0) is 81.5 Å². The Balaban J connectivity index is 1.53. The number of thiazole rings is 1. The molecule has 45 heavy (non-hydrogen) atoms. The topological polar surface area (TPSA) is 65.6 Å². The van der Waals surface area contributed by atoms with Gasteiger partial charge in [-0.1, -0.05) is 70.9 Å². The zero-order valence-corrected chi connectivity index (χ0v) is 28.6. The van der Waals surface area contributed by atoms with Gasteiger partial charge >= 0.3 is 5.97 Å². The number of hydrogen-bond donors (Lipinski definition) is 0. The number of para-hydroxylation sites is 1. The molecule has 0 spiro atoms. The van der Waals surface area contributed by atoms with Crippen molar-refractivity contribution >= 4 is 69.2 Å². The zero-order chi connectivity index (χ0) is 32.0. The third kappa shape index (κ3) is 5.92. The van der Waals surface area contributed by atoms with Crippen LogP contribution in [0.25, 0.3) is 17.0 Å². The Morgan fingerprint density at radius 2 is 1.82 bits per heavy atom. The highest BCUT2D eigenvalue weighted by Crippen LogP contribution is 2.33. The van der Waals surface area contributed by atoms with Crippen LogP contribution in [-0.4, -0.2) is 27.5 Å². The average Bonchev–Trinajstić information content (AvgIpc) is 3.45. The van der Waals surface area contributed by atoms with E-state index in [1.165, 1.54) is 11.3 Å². The van der Waals surface area contributed by atoms with Crippen molar-refractivity contribution < 1.29 is 9.53 Å². The molecule has 5 aromatic rings. The van der Waals surface area contributed by atoms with Gasteiger partial charge in [-0.2, -0.15) is 0 Å². The van der Waals surface area contributed by atoms with Crippen LogP contribution in [0.3, 0.4) is 0 Å². The minimum Gasteiger partial charge on any atom is -0.459 e. The first kappa shape index (κ1) is 31.4. The predicted octanol–water partition coefficient (Wildman–Crippen LogP) is 7.53. The molecule has 0 amide bonds. The van der Waals surface area contributed by atoms with Crippen LogP contribution >= 0.6 is 46.3 Å². The standard InChI is InChI=1S/C35H31Cl2N3O3S2/c1-19(2)43-34(42)31-20(3)38-35-40(32(31)22-11-14-25(44-5)15-12-22)33(41)30(45-35)17-27-21(4)39(29-9-7-6-8-26(27)29)18-23-10-13-24(36)16-28(23)37/h6-17,19,32H,18H2,1-5H3/b30-17-/t32-/m0/s1. The number of allylic oxidation sites excluding steroid dienone is 1. The molecule has 230 valence electrons. The van der Waals surface area contributed by atoms with E-state index in [1.807, 2.05) is 81.6 Å². The van der Waals surface area contributed by atoms with Crippen LogP contribution < -0.4 is 14.9 Å². The lowest BCUT2D eigenvalue weighted by Crippen LogP contribution is -2.40. The Morgan fingerprint density at radius 3 is 2.51 bits per heavy atom. The predicted molar refractivity (Wildman–Crippen MR) is 185 cm³/mol. The number of nitrogens with zero attached hydrogens (tertiary/aromatic N) is 3. The average molecular weight is 677 g/mol.